The molecule has 5 heterocycles. The third-order valence-corrected chi connectivity index (χ3v) is 21.8. The average Bonchev–Trinajstić information content (AvgIpc) is 1.59. The maximum Gasteiger partial charge on any atom is 0.508 e. The van der Waals surface area contributed by atoms with Crippen molar-refractivity contribution in [3.05, 3.63) is 104 Å². The van der Waals surface area contributed by atoms with Gasteiger partial charge in [-0.05, 0) is 81.7 Å². The van der Waals surface area contributed by atoms with E-state index in [1.807, 2.05) is 72.3 Å². The Labute approximate surface area is 656 Å². The highest BCUT2D eigenvalue weighted by Gasteiger charge is 2.47. The molecule has 3 aromatic heterocycles. The smallest absolute Gasteiger partial charge is 0.481 e. The molecular weight excluding hydrogens is 1530 g/mol. The number of aliphatic imine (C=N–C) groups is 2. The number of amides is 7. The first kappa shape index (κ1) is 87.9. The fourth-order valence-electron chi connectivity index (χ4n) is 11.4. The van der Waals surface area contributed by atoms with E-state index in [1.165, 1.54) is 37.8 Å². The fraction of sp³-hybridized carbons (Fsp3) is 0.521. The third-order valence-electron chi connectivity index (χ3n) is 17.1. The van der Waals surface area contributed by atoms with Crippen molar-refractivity contribution in [2.75, 3.05) is 90.5 Å². The topological polar surface area (TPSA) is 479 Å². The number of carboxylic acids is 2. The van der Waals surface area contributed by atoms with Gasteiger partial charge in [0.1, 0.15) is 67.0 Å². The van der Waals surface area contributed by atoms with Crippen LogP contribution in [0.15, 0.2) is 64.0 Å². The van der Waals surface area contributed by atoms with E-state index < -0.39 is 127 Å². The predicted molar refractivity (Wildman–Crippen MR) is 412 cm³/mol. The van der Waals surface area contributed by atoms with Crippen molar-refractivity contribution in [3.63, 3.8) is 0 Å². The summed E-state index contributed by atoms with van der Waals surface area (Å²) < 4.78 is 35.3. The number of carbonyl (C=O) groups excluding carboxylic acids is 9. The van der Waals surface area contributed by atoms with Gasteiger partial charge in [-0.25, -0.2) is 14.6 Å². The number of thiophene rings is 1. The Kier molecular flexibility index (Phi) is 34.6. The Hall–Kier alpha value is -9.31. The molecule has 0 unspecified atom stereocenters. The molecule has 0 bridgehead atoms. The van der Waals surface area contributed by atoms with Crippen LogP contribution in [0.5, 0.6) is 0 Å². The summed E-state index contributed by atoms with van der Waals surface area (Å²) in [5.41, 5.74) is 17.9. The maximum absolute atomic E-state index is 14.8. The first-order valence-corrected chi connectivity index (χ1v) is 39.8. The van der Waals surface area contributed by atoms with Gasteiger partial charge in [0, 0.05) is 58.5 Å². The minimum atomic E-state index is -1.76. The van der Waals surface area contributed by atoms with Crippen LogP contribution in [0.4, 0.5) is 4.79 Å². The van der Waals surface area contributed by atoms with Gasteiger partial charge in [0.25, 0.3) is 0 Å². The van der Waals surface area contributed by atoms with Gasteiger partial charge in [0.05, 0.1) is 93.2 Å². The van der Waals surface area contributed by atoms with Crippen molar-refractivity contribution in [3.8, 4) is 15.4 Å². The molecule has 2 aliphatic rings. The number of aryl methyl sites for hydroxylation is 3. The van der Waals surface area contributed by atoms with E-state index >= 15 is 0 Å². The number of thiazole rings is 1. The molecule has 0 radical (unpaired) electrons. The second-order valence-corrected chi connectivity index (χ2v) is 31.7. The number of carboxylic acid groups (broad SMARTS) is 2. The van der Waals surface area contributed by atoms with Crippen molar-refractivity contribution < 1.29 is 91.4 Å². The lowest BCUT2D eigenvalue weighted by molar-refractivity contribution is -0.147. The summed E-state index contributed by atoms with van der Waals surface area (Å²) in [6, 6.07) is 8.66. The van der Waals surface area contributed by atoms with Crippen molar-refractivity contribution in [2.45, 2.75) is 143 Å². The lowest BCUT2D eigenvalue weighted by atomic mass is 9.85. The molecule has 1 saturated heterocycles. The van der Waals surface area contributed by atoms with Crippen LogP contribution in [0.1, 0.15) is 129 Å². The zero-order chi connectivity index (χ0) is 80.2. The Bertz CT molecular complexity index is 4090. The molecule has 7 atom stereocenters. The molecule has 7 rings (SSSR count). The molecule has 1 fully saturated rings. The zero-order valence-electron chi connectivity index (χ0n) is 62.2. The van der Waals surface area contributed by atoms with E-state index in [0.717, 1.165) is 54.0 Å². The summed E-state index contributed by atoms with van der Waals surface area (Å²) in [6.07, 6.45) is -3.60. The number of carbonyl (C=O) groups is 11. The molecule has 2 aliphatic heterocycles. The molecule has 7 amide bonds. The number of nitrogens with zero attached hydrogens (tertiary/aromatic N) is 7. The van der Waals surface area contributed by atoms with Crippen LogP contribution >= 0.6 is 55.9 Å². The fourth-order valence-corrected chi connectivity index (χ4v) is 15.2. The Morgan fingerprint density at radius 3 is 2.08 bits per heavy atom. The zero-order valence-corrected chi connectivity index (χ0v) is 66.2. The Morgan fingerprint density at radius 1 is 0.764 bits per heavy atom. The van der Waals surface area contributed by atoms with E-state index in [2.05, 4.69) is 60.6 Å². The van der Waals surface area contributed by atoms with Crippen LogP contribution in [-0.2, 0) is 76.4 Å². The number of fused-ring (bicyclic) bond motifs is 3. The maximum atomic E-state index is 14.8. The highest BCUT2D eigenvalue weighted by atomic mass is 35.5. The minimum Gasteiger partial charge on any atom is -0.481 e. The lowest BCUT2D eigenvalue weighted by Gasteiger charge is -2.35. The molecule has 12 N–H and O–H groups in total. The van der Waals surface area contributed by atoms with E-state index in [4.69, 9.17) is 61.6 Å². The summed E-state index contributed by atoms with van der Waals surface area (Å²) in [5.74, 6) is -6.73. The normalized spacial score (nSPS) is 15.6. The SMILES string of the molecule is Cc1ncsc1-c1ccc([C@H](C)NC(=O)[C@@H]2C[C@@H](OC(=O)OCCSSCCOC(=O)CCC(=O)N[C@@H](CCCN=C(N)N)C(=O)NCC(=O)N[C@@H](CC(=O)O)C(=O)O)CN2C(=O)[C@@H](NC(=O)COCCOCCOCCNC(=O)C[C@@H]2N=C(c3ccc(Cl)cc3)c3c(sc(C)c3C)-n3c(C)nnc32)C(C)(C)C)cc1. The number of halogens is 1. The lowest BCUT2D eigenvalue weighted by Crippen LogP contribution is -2.58. The van der Waals surface area contributed by atoms with Crippen molar-refractivity contribution in [1.82, 2.24) is 56.5 Å². The van der Waals surface area contributed by atoms with Gasteiger partial charge in [-0.2, -0.15) is 0 Å². The van der Waals surface area contributed by atoms with E-state index in [0.29, 0.717) is 22.4 Å². The number of ether oxygens (including phenoxy) is 6. The number of nitrogens with two attached hydrogens (primary N) is 2. The number of nitrogens with one attached hydrogen (secondary N) is 6. The molecule has 5 aromatic rings. The molecule has 34 nitrogen and oxygen atoms in total. The number of hydrogen-bond acceptors (Lipinski definition) is 26. The molecule has 0 aliphatic carbocycles. The van der Waals surface area contributed by atoms with Crippen LogP contribution in [-0.4, -0.2) is 233 Å². The summed E-state index contributed by atoms with van der Waals surface area (Å²) in [5, 5.41) is 44.0. The first-order chi connectivity index (χ1) is 52.4. The number of likely N-dealkylation sites (tertiary alicyclic amines) is 1. The summed E-state index contributed by atoms with van der Waals surface area (Å²) in [6.45, 7) is 14.5. The van der Waals surface area contributed by atoms with Gasteiger partial charge in [-0.3, -0.25) is 57.7 Å². The van der Waals surface area contributed by atoms with Gasteiger partial charge >= 0.3 is 24.1 Å². The molecule has 598 valence electrons. The van der Waals surface area contributed by atoms with Gasteiger partial charge in [0.2, 0.25) is 41.4 Å². The molecule has 39 heteroatoms. The van der Waals surface area contributed by atoms with Crippen molar-refractivity contribution in [1.29, 1.82) is 0 Å². The summed E-state index contributed by atoms with van der Waals surface area (Å²) in [4.78, 5) is 159. The number of esters is 1. The standard InChI is InChI=1S/C71H94ClN15O19S4/c1-39-42(4)110-67-59(39)60(45-15-17-47(72)18-16-45)82-50(63-85-84-43(5)87(63)67)33-54(89)75-22-23-101-24-25-102-26-27-103-37-56(91)83-62(71(6,7)8)66(97)86-36-48(32-52(86)65(96)79-40(2)44-11-13-46(14-12-44)61-41(3)78-38-107-61)106-70(100)105-29-31-109-108-30-28-104-58(94)20-19-53(88)80-49(10-9-21-76-69(73)74)64(95)77-35-55(90)81-51(68(98)99)34-57(92)93/h11-18,38,40,48-52,62H,9-10,19-37H2,1-8H3,(H,75,89)(H,77,95)(H,79,96)(H,80,88)(H,81,90)(H,83,91)(H,92,93)(H,98,99)(H4,73,74,76)/t40-,48+,49-,50-,51-,52-,62+/m0/s1. The second-order valence-electron chi connectivity index (χ2n) is 26.5. The second kappa shape index (κ2) is 43.3. The predicted octanol–water partition coefficient (Wildman–Crippen LogP) is 4.72. The van der Waals surface area contributed by atoms with Crippen molar-refractivity contribution in [2.24, 2.45) is 26.9 Å². The molecule has 0 spiro atoms. The third kappa shape index (κ3) is 27.3. The number of aliphatic carboxylic acids is 2. The number of aromatic nitrogens is 4. The average molecular weight is 1630 g/mol. The number of hydrogen-bond donors (Lipinski definition) is 10. The van der Waals surface area contributed by atoms with Crippen LogP contribution in [0.3, 0.4) is 0 Å². The number of rotatable bonds is 43. The highest BCUT2D eigenvalue weighted by molar-refractivity contribution is 8.76. The molecule has 2 aromatic carbocycles. The number of guanidine groups is 1. The van der Waals surface area contributed by atoms with E-state index in [9.17, 15) is 57.8 Å². The first-order valence-electron chi connectivity index (χ1n) is 35.3. The quantitative estimate of drug-likeness (QED) is 0.00829. The van der Waals surface area contributed by atoms with Crippen LogP contribution in [0, 0.1) is 33.1 Å². The van der Waals surface area contributed by atoms with Gasteiger partial charge < -0.3 is 86.9 Å². The van der Waals surface area contributed by atoms with E-state index in [-0.39, 0.29) is 122 Å². The Morgan fingerprint density at radius 2 is 1.43 bits per heavy atom. The van der Waals surface area contributed by atoms with Gasteiger partial charge in [-0.15, -0.1) is 32.9 Å². The van der Waals surface area contributed by atoms with Gasteiger partial charge in [0.15, 0.2) is 11.8 Å². The monoisotopic (exact) mass is 1620 g/mol. The van der Waals surface area contributed by atoms with Crippen LogP contribution < -0.4 is 43.4 Å². The van der Waals surface area contributed by atoms with E-state index in [1.54, 1.807) is 44.5 Å². The molecular formula is C71H94ClN15O19S4. The Balaban J connectivity index is 0.820. The summed E-state index contributed by atoms with van der Waals surface area (Å²) >= 11 is 9.40. The van der Waals surface area contributed by atoms with Gasteiger partial charge in [-0.1, -0.05) is 90.4 Å². The summed E-state index contributed by atoms with van der Waals surface area (Å²) in [7, 11) is 2.59. The van der Waals surface area contributed by atoms with Crippen molar-refractivity contribution >= 4 is 133 Å². The highest BCUT2D eigenvalue weighted by Crippen LogP contribution is 2.40. The molecule has 110 heavy (non-hydrogen) atoms. The largest absolute Gasteiger partial charge is 0.508 e. The number of benzene rings is 2. The van der Waals surface area contributed by atoms with Crippen LogP contribution in [0.2, 0.25) is 5.02 Å². The van der Waals surface area contributed by atoms with Crippen LogP contribution in [0.25, 0.3) is 15.4 Å². The molecule has 0 saturated carbocycles. The minimum absolute atomic E-state index is 0.0120.